The molecule has 0 bridgehead atoms. The molecule has 1 saturated heterocycles. The van der Waals surface area contributed by atoms with Gasteiger partial charge < -0.3 is 5.32 Å². The van der Waals surface area contributed by atoms with Crippen LogP contribution < -0.4 is 5.32 Å². The molecule has 1 aromatic rings. The summed E-state index contributed by atoms with van der Waals surface area (Å²) in [6, 6.07) is 9.57. The summed E-state index contributed by atoms with van der Waals surface area (Å²) in [5, 5.41) is 8.17. The normalized spacial score (nSPS) is 16.3. The van der Waals surface area contributed by atoms with Crippen molar-refractivity contribution in [1.82, 2.24) is 10.3 Å². The van der Waals surface area contributed by atoms with Gasteiger partial charge in [-0.15, -0.1) is 0 Å². The molecule has 2 rings (SSSR count). The second-order valence-electron chi connectivity index (χ2n) is 3.01. The molecule has 1 aliphatic rings. The number of benzene rings is 1. The Bertz CT molecular complexity index is 348. The van der Waals surface area contributed by atoms with E-state index in [0.717, 1.165) is 5.56 Å². The lowest BCUT2D eigenvalue weighted by Gasteiger charge is -2.04. The molecule has 1 N–H and O–H groups in total. The number of nitrogens with zero attached hydrogens (tertiary/aromatic N) is 2. The molecule has 0 radical (unpaired) electrons. The van der Waals surface area contributed by atoms with E-state index in [1.54, 1.807) is 6.21 Å². The molecule has 0 spiro atoms. The smallest absolute Gasteiger partial charge is 0.335 e. The Kier molecular flexibility index (Phi) is 2.44. The molecular weight excluding hydrogens is 178 g/mol. The number of carbonyl (C=O) groups is 1. The fourth-order valence-electron chi connectivity index (χ4n) is 1.25. The van der Waals surface area contributed by atoms with Crippen molar-refractivity contribution in [1.29, 1.82) is 0 Å². The molecule has 72 valence electrons. The number of amides is 2. The highest BCUT2D eigenvalue weighted by atomic mass is 16.2. The predicted molar refractivity (Wildman–Crippen MR) is 54.1 cm³/mol. The van der Waals surface area contributed by atoms with Gasteiger partial charge >= 0.3 is 6.03 Å². The molecule has 2 amide bonds. The predicted octanol–water partition coefficient (Wildman–Crippen LogP) is 1.05. The van der Waals surface area contributed by atoms with E-state index in [2.05, 4.69) is 10.4 Å². The minimum absolute atomic E-state index is 0.128. The molecule has 4 nitrogen and oxygen atoms in total. The fourth-order valence-corrected chi connectivity index (χ4v) is 1.25. The quantitative estimate of drug-likeness (QED) is 0.694. The SMILES string of the molecule is O=C1NCCN1N=Cc1ccccc1. The lowest BCUT2D eigenvalue weighted by atomic mass is 10.2. The zero-order chi connectivity index (χ0) is 9.80. The minimum atomic E-state index is -0.128. The van der Waals surface area contributed by atoms with E-state index in [0.29, 0.717) is 13.1 Å². The second kappa shape index (κ2) is 3.91. The second-order valence-corrected chi connectivity index (χ2v) is 3.01. The van der Waals surface area contributed by atoms with Gasteiger partial charge in [0, 0.05) is 6.54 Å². The number of urea groups is 1. The van der Waals surface area contributed by atoms with Crippen LogP contribution in [0.5, 0.6) is 0 Å². The Morgan fingerprint density at radius 3 is 2.79 bits per heavy atom. The van der Waals surface area contributed by atoms with Crippen LogP contribution in [0.4, 0.5) is 4.79 Å². The summed E-state index contributed by atoms with van der Waals surface area (Å²) in [4.78, 5) is 11.1. The Balaban J connectivity index is 2.03. The molecule has 14 heavy (non-hydrogen) atoms. The van der Waals surface area contributed by atoms with Crippen LogP contribution in [-0.2, 0) is 0 Å². The van der Waals surface area contributed by atoms with E-state index in [9.17, 15) is 4.79 Å². The van der Waals surface area contributed by atoms with Crippen molar-refractivity contribution in [3.63, 3.8) is 0 Å². The van der Waals surface area contributed by atoms with Gasteiger partial charge in [0.2, 0.25) is 0 Å². The van der Waals surface area contributed by atoms with Crippen LogP contribution in [0.2, 0.25) is 0 Å². The van der Waals surface area contributed by atoms with Gasteiger partial charge in [0.15, 0.2) is 0 Å². The maximum absolute atomic E-state index is 11.1. The average molecular weight is 189 g/mol. The number of nitrogens with one attached hydrogen (secondary N) is 1. The van der Waals surface area contributed by atoms with Gasteiger partial charge in [0.25, 0.3) is 0 Å². The van der Waals surface area contributed by atoms with Crippen LogP contribution in [0.1, 0.15) is 5.56 Å². The van der Waals surface area contributed by atoms with Crippen molar-refractivity contribution in [3.8, 4) is 0 Å². The zero-order valence-corrected chi connectivity index (χ0v) is 7.68. The van der Waals surface area contributed by atoms with Crippen molar-refractivity contribution >= 4 is 12.2 Å². The van der Waals surface area contributed by atoms with E-state index < -0.39 is 0 Å². The van der Waals surface area contributed by atoms with E-state index in [4.69, 9.17) is 0 Å². The van der Waals surface area contributed by atoms with E-state index in [1.807, 2.05) is 30.3 Å². The first-order valence-corrected chi connectivity index (χ1v) is 4.51. The highest BCUT2D eigenvalue weighted by molar-refractivity contribution is 5.82. The summed E-state index contributed by atoms with van der Waals surface area (Å²) in [6.45, 7) is 1.31. The molecule has 0 aliphatic carbocycles. The third-order valence-electron chi connectivity index (χ3n) is 1.98. The van der Waals surface area contributed by atoms with E-state index >= 15 is 0 Å². The third kappa shape index (κ3) is 1.90. The van der Waals surface area contributed by atoms with E-state index in [-0.39, 0.29) is 6.03 Å². The van der Waals surface area contributed by atoms with Crippen LogP contribution in [0, 0.1) is 0 Å². The summed E-state index contributed by atoms with van der Waals surface area (Å²) in [6.07, 6.45) is 1.69. The van der Waals surface area contributed by atoms with Crippen LogP contribution in [0.15, 0.2) is 35.4 Å². The van der Waals surface area contributed by atoms with Gasteiger partial charge in [-0.3, -0.25) is 0 Å². The summed E-state index contributed by atoms with van der Waals surface area (Å²) < 4.78 is 0. The first kappa shape index (κ1) is 8.74. The molecule has 1 aromatic carbocycles. The molecule has 4 heteroatoms. The van der Waals surface area contributed by atoms with Crippen LogP contribution >= 0.6 is 0 Å². The highest BCUT2D eigenvalue weighted by Gasteiger charge is 2.17. The van der Waals surface area contributed by atoms with Crippen molar-refractivity contribution < 1.29 is 4.79 Å². The molecule has 1 heterocycles. The Labute approximate surface area is 82.2 Å². The van der Waals surface area contributed by atoms with Crippen molar-refractivity contribution in [3.05, 3.63) is 35.9 Å². The van der Waals surface area contributed by atoms with Gasteiger partial charge in [-0.2, -0.15) is 5.10 Å². The standard InChI is InChI=1S/C10H11N3O/c14-10-11-6-7-13(10)12-8-9-4-2-1-3-5-9/h1-5,8H,6-7H2,(H,11,14). The Hall–Kier alpha value is -1.84. The highest BCUT2D eigenvalue weighted by Crippen LogP contribution is 1.99. The maximum Gasteiger partial charge on any atom is 0.337 e. The monoisotopic (exact) mass is 189 g/mol. The van der Waals surface area contributed by atoms with Crippen LogP contribution in [0.3, 0.4) is 0 Å². The summed E-state index contributed by atoms with van der Waals surface area (Å²) in [5.41, 5.74) is 0.993. The van der Waals surface area contributed by atoms with Crippen molar-refractivity contribution in [2.75, 3.05) is 13.1 Å². The van der Waals surface area contributed by atoms with Gasteiger partial charge in [0.05, 0.1) is 12.8 Å². The molecule has 0 unspecified atom stereocenters. The van der Waals surface area contributed by atoms with Crippen LogP contribution in [0.25, 0.3) is 0 Å². The number of hydrogen-bond donors (Lipinski definition) is 1. The first-order valence-electron chi connectivity index (χ1n) is 4.51. The number of rotatable bonds is 2. The Morgan fingerprint density at radius 2 is 2.14 bits per heavy atom. The largest absolute Gasteiger partial charge is 0.337 e. The lowest BCUT2D eigenvalue weighted by molar-refractivity contribution is 0.219. The Morgan fingerprint density at radius 1 is 1.36 bits per heavy atom. The zero-order valence-electron chi connectivity index (χ0n) is 7.68. The van der Waals surface area contributed by atoms with Crippen molar-refractivity contribution in [2.45, 2.75) is 0 Å². The molecular formula is C10H11N3O. The van der Waals surface area contributed by atoms with Gasteiger partial charge in [0.1, 0.15) is 0 Å². The molecule has 1 fully saturated rings. The van der Waals surface area contributed by atoms with Crippen LogP contribution in [-0.4, -0.2) is 30.3 Å². The van der Waals surface area contributed by atoms with Gasteiger partial charge in [-0.1, -0.05) is 30.3 Å². The molecule has 0 aromatic heterocycles. The van der Waals surface area contributed by atoms with Crippen molar-refractivity contribution in [2.24, 2.45) is 5.10 Å². The molecule has 0 atom stereocenters. The molecule has 1 aliphatic heterocycles. The third-order valence-corrected chi connectivity index (χ3v) is 1.98. The fraction of sp³-hybridized carbons (Fsp3) is 0.200. The lowest BCUT2D eigenvalue weighted by Crippen LogP contribution is -2.23. The number of carbonyl (C=O) groups excluding carboxylic acids is 1. The maximum atomic E-state index is 11.1. The topological polar surface area (TPSA) is 44.7 Å². The summed E-state index contributed by atoms with van der Waals surface area (Å²) in [7, 11) is 0. The van der Waals surface area contributed by atoms with Gasteiger partial charge in [-0.25, -0.2) is 9.80 Å². The molecule has 0 saturated carbocycles. The average Bonchev–Trinajstić information content (AvgIpc) is 2.63. The minimum Gasteiger partial charge on any atom is -0.335 e. The first-order chi connectivity index (χ1) is 6.86. The van der Waals surface area contributed by atoms with Gasteiger partial charge in [-0.05, 0) is 5.56 Å². The summed E-state index contributed by atoms with van der Waals surface area (Å²) >= 11 is 0. The van der Waals surface area contributed by atoms with E-state index in [1.165, 1.54) is 5.01 Å². The number of hydrazone groups is 1. The number of hydrogen-bond acceptors (Lipinski definition) is 2. The summed E-state index contributed by atoms with van der Waals surface area (Å²) in [5.74, 6) is 0.